The van der Waals surface area contributed by atoms with Gasteiger partial charge in [0.15, 0.2) is 5.11 Å². The maximum absolute atomic E-state index is 14.2. The second-order valence-corrected chi connectivity index (χ2v) is 7.97. The van der Waals surface area contributed by atoms with Crippen molar-refractivity contribution in [3.8, 4) is 17.1 Å². The van der Waals surface area contributed by atoms with Crippen molar-refractivity contribution in [1.29, 1.82) is 0 Å². The van der Waals surface area contributed by atoms with Gasteiger partial charge in [0.05, 0.1) is 18.8 Å². The maximum atomic E-state index is 14.2. The third kappa shape index (κ3) is 3.65. The highest BCUT2D eigenvalue weighted by Gasteiger charge is 2.31. The number of aromatic nitrogens is 1. The van der Waals surface area contributed by atoms with Crippen LogP contribution < -0.4 is 10.1 Å². The Bertz CT molecular complexity index is 1070. The molecule has 1 aromatic heterocycles. The lowest BCUT2D eigenvalue weighted by atomic mass is 9.94. The summed E-state index contributed by atoms with van der Waals surface area (Å²) < 4.78 is 19.9. The quantitative estimate of drug-likeness (QED) is 0.605. The smallest absolute Gasteiger partial charge is 0.218 e. The lowest BCUT2D eigenvalue weighted by molar-refractivity contribution is 0.264. The number of benzene rings is 2. The van der Waals surface area contributed by atoms with E-state index in [1.165, 1.54) is 6.07 Å². The molecule has 1 fully saturated rings. The number of fused-ring (bicyclic) bond motifs is 1. The molecule has 1 atom stereocenters. The lowest BCUT2D eigenvalue weighted by Gasteiger charge is -2.32. The van der Waals surface area contributed by atoms with Crippen LogP contribution in [0.25, 0.3) is 22.0 Å². The summed E-state index contributed by atoms with van der Waals surface area (Å²) in [5.74, 6) is 0.663. The summed E-state index contributed by atoms with van der Waals surface area (Å²) >= 11 is 5.49. The maximum Gasteiger partial charge on any atom is 0.218 e. The van der Waals surface area contributed by atoms with Gasteiger partial charge in [-0.3, -0.25) is 0 Å². The van der Waals surface area contributed by atoms with Crippen LogP contribution in [0.2, 0.25) is 0 Å². The van der Waals surface area contributed by atoms with Crippen LogP contribution in [0.1, 0.15) is 25.5 Å². The van der Waals surface area contributed by atoms with Gasteiger partial charge in [0.1, 0.15) is 5.82 Å². The van der Waals surface area contributed by atoms with Crippen molar-refractivity contribution in [3.05, 3.63) is 59.9 Å². The van der Waals surface area contributed by atoms with Gasteiger partial charge >= 0.3 is 0 Å². The third-order valence-electron chi connectivity index (χ3n) is 5.38. The number of rotatable bonds is 5. The van der Waals surface area contributed by atoms with E-state index in [0.29, 0.717) is 17.2 Å². The van der Waals surface area contributed by atoms with Crippen molar-refractivity contribution in [2.45, 2.75) is 19.9 Å². The first-order valence-electron chi connectivity index (χ1n) is 9.77. The first kappa shape index (κ1) is 19.6. The van der Waals surface area contributed by atoms with Crippen molar-refractivity contribution >= 4 is 28.1 Å². The minimum absolute atomic E-state index is 0.0723. The normalized spacial score (nSPS) is 15.1. The number of pyridine rings is 1. The molecule has 1 saturated heterocycles. The molecule has 1 N–H and O–H groups in total. The van der Waals surface area contributed by atoms with Gasteiger partial charge in [0.2, 0.25) is 5.88 Å². The largest absolute Gasteiger partial charge is 0.481 e. The minimum atomic E-state index is -0.233. The predicted octanol–water partition coefficient (Wildman–Crippen LogP) is 4.94. The Labute approximate surface area is 175 Å². The summed E-state index contributed by atoms with van der Waals surface area (Å²) in [4.78, 5) is 6.96. The molecular formula is C23H24FN3OS. The molecular weight excluding hydrogens is 385 g/mol. The summed E-state index contributed by atoms with van der Waals surface area (Å²) in [5, 5.41) is 5.45. The molecule has 0 aliphatic carbocycles. The van der Waals surface area contributed by atoms with E-state index in [1.54, 1.807) is 13.2 Å². The Morgan fingerprint density at radius 2 is 2.00 bits per heavy atom. The van der Waals surface area contributed by atoms with E-state index in [2.05, 4.69) is 30.1 Å². The van der Waals surface area contributed by atoms with Gasteiger partial charge in [-0.15, -0.1) is 0 Å². The third-order valence-corrected chi connectivity index (χ3v) is 5.76. The van der Waals surface area contributed by atoms with Crippen molar-refractivity contribution < 1.29 is 9.13 Å². The van der Waals surface area contributed by atoms with Crippen LogP contribution in [0.15, 0.2) is 48.5 Å². The van der Waals surface area contributed by atoms with Gasteiger partial charge < -0.3 is 15.0 Å². The molecule has 4 rings (SSSR count). The number of hydrogen-bond donors (Lipinski definition) is 1. The van der Waals surface area contributed by atoms with Crippen molar-refractivity contribution in [1.82, 2.24) is 15.2 Å². The SMILES string of the molecule is COc1nc(-c2ccc3cccc(F)c3c2)ccc1C(C(C)C)N1CCNC1=S. The van der Waals surface area contributed by atoms with E-state index in [9.17, 15) is 4.39 Å². The molecule has 1 aliphatic heterocycles. The van der Waals surface area contributed by atoms with Gasteiger partial charge in [0, 0.05) is 29.6 Å². The molecule has 150 valence electrons. The molecule has 2 aromatic carbocycles. The monoisotopic (exact) mass is 409 g/mol. The van der Waals surface area contributed by atoms with Crippen LogP contribution in [-0.4, -0.2) is 35.2 Å². The summed E-state index contributed by atoms with van der Waals surface area (Å²) in [7, 11) is 1.63. The zero-order valence-corrected chi connectivity index (χ0v) is 17.6. The van der Waals surface area contributed by atoms with E-state index >= 15 is 0 Å². The summed E-state index contributed by atoms with van der Waals surface area (Å²) in [6, 6.07) is 14.9. The number of methoxy groups -OCH3 is 1. The Morgan fingerprint density at radius 3 is 2.69 bits per heavy atom. The molecule has 6 heteroatoms. The molecule has 3 aromatic rings. The highest BCUT2D eigenvalue weighted by molar-refractivity contribution is 7.80. The van der Waals surface area contributed by atoms with Crippen molar-refractivity contribution in [3.63, 3.8) is 0 Å². The number of nitrogens with one attached hydrogen (secondary N) is 1. The fourth-order valence-electron chi connectivity index (χ4n) is 4.03. The minimum Gasteiger partial charge on any atom is -0.481 e. The Morgan fingerprint density at radius 1 is 1.17 bits per heavy atom. The predicted molar refractivity (Wildman–Crippen MR) is 119 cm³/mol. The molecule has 0 saturated carbocycles. The highest BCUT2D eigenvalue weighted by Crippen LogP contribution is 2.36. The van der Waals surface area contributed by atoms with Gasteiger partial charge in [0.25, 0.3) is 0 Å². The average molecular weight is 410 g/mol. The second kappa shape index (κ2) is 7.95. The van der Waals surface area contributed by atoms with Crippen LogP contribution in [0.4, 0.5) is 4.39 Å². The van der Waals surface area contributed by atoms with Gasteiger partial charge in [-0.1, -0.05) is 38.1 Å². The van der Waals surface area contributed by atoms with E-state index < -0.39 is 0 Å². The number of hydrogen-bond acceptors (Lipinski definition) is 3. The summed E-state index contributed by atoms with van der Waals surface area (Å²) in [6.45, 7) is 6.05. The average Bonchev–Trinajstić information content (AvgIpc) is 3.13. The van der Waals surface area contributed by atoms with Gasteiger partial charge in [-0.05, 0) is 47.8 Å². The first-order chi connectivity index (χ1) is 14.0. The lowest BCUT2D eigenvalue weighted by Crippen LogP contribution is -2.35. The molecule has 0 spiro atoms. The Kier molecular flexibility index (Phi) is 5.37. The van der Waals surface area contributed by atoms with Gasteiger partial charge in [-0.2, -0.15) is 0 Å². The number of thiocarbonyl (C=S) groups is 1. The van der Waals surface area contributed by atoms with Gasteiger partial charge in [-0.25, -0.2) is 9.37 Å². The zero-order chi connectivity index (χ0) is 20.5. The van der Waals surface area contributed by atoms with Crippen molar-refractivity contribution in [2.24, 2.45) is 5.92 Å². The van der Waals surface area contributed by atoms with Crippen LogP contribution in [0, 0.1) is 11.7 Å². The topological polar surface area (TPSA) is 37.4 Å². The fraction of sp³-hybridized carbons (Fsp3) is 0.304. The van der Waals surface area contributed by atoms with Crippen molar-refractivity contribution in [2.75, 3.05) is 20.2 Å². The van der Waals surface area contributed by atoms with Crippen LogP contribution in [0.3, 0.4) is 0 Å². The van der Waals surface area contributed by atoms with Crippen LogP contribution in [-0.2, 0) is 0 Å². The van der Waals surface area contributed by atoms with Crippen LogP contribution in [0.5, 0.6) is 5.88 Å². The van der Waals surface area contributed by atoms with Crippen LogP contribution >= 0.6 is 12.2 Å². The van der Waals surface area contributed by atoms with E-state index in [4.69, 9.17) is 21.9 Å². The molecule has 2 heterocycles. The molecule has 1 aliphatic rings. The molecule has 4 nitrogen and oxygen atoms in total. The first-order valence-corrected chi connectivity index (χ1v) is 10.2. The molecule has 29 heavy (non-hydrogen) atoms. The van der Waals surface area contributed by atoms with E-state index in [0.717, 1.165) is 40.4 Å². The number of ether oxygens (including phenoxy) is 1. The second-order valence-electron chi connectivity index (χ2n) is 7.58. The summed E-state index contributed by atoms with van der Waals surface area (Å²) in [6.07, 6.45) is 0. The van der Waals surface area contributed by atoms with E-state index in [1.807, 2.05) is 30.3 Å². The molecule has 0 bridgehead atoms. The molecule has 0 amide bonds. The van der Waals surface area contributed by atoms with E-state index in [-0.39, 0.29) is 11.9 Å². The standard InChI is InChI=1S/C23H24FN3OS/c1-14(2)21(27-12-11-25-23(27)29)17-9-10-20(26-22(17)28-3)16-8-7-15-5-4-6-19(24)18(15)13-16/h4-10,13-14,21H,11-12H2,1-3H3,(H,25,29). The molecule has 0 radical (unpaired) electrons. The number of halogens is 1. The molecule has 1 unspecified atom stereocenters. The number of nitrogens with zero attached hydrogens (tertiary/aromatic N) is 2. The highest BCUT2D eigenvalue weighted by atomic mass is 32.1. The summed E-state index contributed by atoms with van der Waals surface area (Å²) in [5.41, 5.74) is 2.61. The zero-order valence-electron chi connectivity index (χ0n) is 16.8. The Balaban J connectivity index is 1.77. The fourth-order valence-corrected chi connectivity index (χ4v) is 4.34. The Hall–Kier alpha value is -2.73.